The van der Waals surface area contributed by atoms with E-state index in [1.807, 2.05) is 18.4 Å². The van der Waals surface area contributed by atoms with Gasteiger partial charge in [-0.1, -0.05) is 6.92 Å². The normalized spacial score (nSPS) is 10.4. The number of aryl methyl sites for hydroxylation is 1. The van der Waals surface area contributed by atoms with Gasteiger partial charge in [-0.3, -0.25) is 9.59 Å². The zero-order valence-electron chi connectivity index (χ0n) is 12.7. The lowest BCUT2D eigenvalue weighted by Gasteiger charge is -2.22. The molecule has 0 saturated carbocycles. The van der Waals surface area contributed by atoms with E-state index in [1.54, 1.807) is 26.4 Å². The van der Waals surface area contributed by atoms with Crippen LogP contribution in [0.1, 0.15) is 30.8 Å². The Labute approximate surface area is 120 Å². The lowest BCUT2D eigenvalue weighted by Crippen LogP contribution is -2.40. The van der Waals surface area contributed by atoms with Crippen LogP contribution in [-0.2, 0) is 11.3 Å². The maximum atomic E-state index is 12.5. The van der Waals surface area contributed by atoms with Crippen molar-refractivity contribution in [3.8, 4) is 0 Å². The quantitative estimate of drug-likeness (QED) is 0.846. The molecule has 0 radical (unpaired) electrons. The van der Waals surface area contributed by atoms with Crippen LogP contribution in [0.2, 0.25) is 0 Å². The molecule has 0 bridgehead atoms. The van der Waals surface area contributed by atoms with Crippen molar-refractivity contribution < 1.29 is 9.59 Å². The summed E-state index contributed by atoms with van der Waals surface area (Å²) in [6.45, 7) is 5.20. The predicted octanol–water partition coefficient (Wildman–Crippen LogP) is 1.03. The first kappa shape index (κ1) is 16.1. The average Bonchev–Trinajstić information content (AvgIpc) is 2.76. The molecule has 1 aromatic rings. The Morgan fingerprint density at radius 2 is 1.95 bits per heavy atom. The number of rotatable bonds is 6. The highest BCUT2D eigenvalue weighted by Gasteiger charge is 2.21. The highest BCUT2D eigenvalue weighted by Crippen LogP contribution is 2.14. The minimum Gasteiger partial charge on any atom is -0.397 e. The van der Waals surface area contributed by atoms with Gasteiger partial charge in [-0.15, -0.1) is 0 Å². The number of amides is 2. The van der Waals surface area contributed by atoms with E-state index >= 15 is 0 Å². The number of carbonyl (C=O) groups excluding carboxylic acids is 2. The van der Waals surface area contributed by atoms with Crippen LogP contribution in [0.15, 0.2) is 12.3 Å². The van der Waals surface area contributed by atoms with Crippen LogP contribution in [0.5, 0.6) is 0 Å². The molecule has 2 N–H and O–H groups in total. The molecule has 0 saturated heterocycles. The van der Waals surface area contributed by atoms with E-state index < -0.39 is 0 Å². The van der Waals surface area contributed by atoms with Gasteiger partial charge in [-0.25, -0.2) is 0 Å². The lowest BCUT2D eigenvalue weighted by molar-refractivity contribution is -0.129. The molecule has 1 rings (SSSR count). The third-order valence-corrected chi connectivity index (χ3v) is 3.10. The maximum absolute atomic E-state index is 12.5. The molecule has 0 fully saturated rings. The van der Waals surface area contributed by atoms with Crippen LogP contribution in [0.3, 0.4) is 0 Å². The topological polar surface area (TPSA) is 71.6 Å². The standard InChI is InChI=1S/C14H24N4O2/c1-5-7-18-9-11(15)8-12(18)14(20)17(6-2)10-13(19)16(3)4/h8-9H,5-7,10,15H2,1-4H3. The minimum absolute atomic E-state index is 0.0829. The zero-order chi connectivity index (χ0) is 15.3. The second kappa shape index (κ2) is 6.98. The Bertz CT molecular complexity index is 480. The molecule has 0 aliphatic heterocycles. The van der Waals surface area contributed by atoms with E-state index in [0.717, 1.165) is 13.0 Å². The van der Waals surface area contributed by atoms with Crippen LogP contribution in [0.25, 0.3) is 0 Å². The molecule has 0 aromatic carbocycles. The monoisotopic (exact) mass is 280 g/mol. The lowest BCUT2D eigenvalue weighted by atomic mass is 10.3. The molecule has 2 amide bonds. The summed E-state index contributed by atoms with van der Waals surface area (Å²) in [5.74, 6) is -0.255. The largest absolute Gasteiger partial charge is 0.397 e. The molecule has 0 unspecified atom stereocenters. The van der Waals surface area contributed by atoms with Crippen molar-refractivity contribution in [3.05, 3.63) is 18.0 Å². The van der Waals surface area contributed by atoms with Gasteiger partial charge in [0.2, 0.25) is 5.91 Å². The number of likely N-dealkylation sites (N-methyl/N-ethyl adjacent to an activating group) is 2. The Balaban J connectivity index is 2.93. The van der Waals surface area contributed by atoms with Gasteiger partial charge in [0.25, 0.3) is 5.91 Å². The van der Waals surface area contributed by atoms with Gasteiger partial charge in [0.1, 0.15) is 12.2 Å². The summed E-state index contributed by atoms with van der Waals surface area (Å²) in [7, 11) is 3.36. The highest BCUT2D eigenvalue weighted by atomic mass is 16.2. The van der Waals surface area contributed by atoms with E-state index in [0.29, 0.717) is 17.9 Å². The van der Waals surface area contributed by atoms with Crippen molar-refractivity contribution in [1.29, 1.82) is 0 Å². The molecular weight excluding hydrogens is 256 g/mol. The molecular formula is C14H24N4O2. The molecule has 1 aromatic heterocycles. The molecule has 6 nitrogen and oxygen atoms in total. The molecule has 0 spiro atoms. The first-order valence-corrected chi connectivity index (χ1v) is 6.85. The fraction of sp³-hybridized carbons (Fsp3) is 0.571. The van der Waals surface area contributed by atoms with Crippen LogP contribution in [0.4, 0.5) is 5.69 Å². The summed E-state index contributed by atoms with van der Waals surface area (Å²) < 4.78 is 1.85. The number of nitrogens with two attached hydrogens (primary N) is 1. The van der Waals surface area contributed by atoms with Crippen LogP contribution >= 0.6 is 0 Å². The van der Waals surface area contributed by atoms with E-state index in [2.05, 4.69) is 0 Å². The van der Waals surface area contributed by atoms with E-state index in [9.17, 15) is 9.59 Å². The van der Waals surface area contributed by atoms with Crippen LogP contribution < -0.4 is 5.73 Å². The van der Waals surface area contributed by atoms with Crippen molar-refractivity contribution >= 4 is 17.5 Å². The molecule has 0 atom stereocenters. The minimum atomic E-state index is -0.159. The Morgan fingerprint density at radius 3 is 2.45 bits per heavy atom. The van der Waals surface area contributed by atoms with E-state index in [1.165, 1.54) is 9.80 Å². The van der Waals surface area contributed by atoms with Crippen molar-refractivity contribution in [2.75, 3.05) is 32.9 Å². The van der Waals surface area contributed by atoms with Gasteiger partial charge in [-0.2, -0.15) is 0 Å². The fourth-order valence-electron chi connectivity index (χ4n) is 1.93. The van der Waals surface area contributed by atoms with Gasteiger partial charge in [0.05, 0.1) is 5.69 Å². The summed E-state index contributed by atoms with van der Waals surface area (Å²) in [4.78, 5) is 27.3. The Hall–Kier alpha value is -1.98. The second-order valence-electron chi connectivity index (χ2n) is 4.96. The fourth-order valence-corrected chi connectivity index (χ4v) is 1.93. The van der Waals surface area contributed by atoms with Crippen molar-refractivity contribution in [2.24, 2.45) is 0 Å². The molecule has 0 aliphatic rings. The number of nitrogens with zero attached hydrogens (tertiary/aromatic N) is 3. The van der Waals surface area contributed by atoms with Gasteiger partial charge in [0, 0.05) is 33.4 Å². The van der Waals surface area contributed by atoms with Crippen molar-refractivity contribution in [3.63, 3.8) is 0 Å². The summed E-state index contributed by atoms with van der Waals surface area (Å²) >= 11 is 0. The zero-order valence-corrected chi connectivity index (χ0v) is 12.7. The molecule has 1 heterocycles. The Morgan fingerprint density at radius 1 is 1.30 bits per heavy atom. The molecule has 6 heteroatoms. The Kier molecular flexibility index (Phi) is 5.61. The molecule has 112 valence electrons. The number of nitrogen functional groups attached to an aromatic ring is 1. The van der Waals surface area contributed by atoms with Crippen molar-refractivity contribution in [1.82, 2.24) is 14.4 Å². The number of hydrogen-bond donors (Lipinski definition) is 1. The van der Waals surface area contributed by atoms with E-state index in [4.69, 9.17) is 5.73 Å². The summed E-state index contributed by atoms with van der Waals surface area (Å²) in [6, 6.07) is 1.67. The second-order valence-corrected chi connectivity index (χ2v) is 4.96. The number of carbonyl (C=O) groups is 2. The first-order chi connectivity index (χ1) is 9.40. The third kappa shape index (κ3) is 3.76. The average molecular weight is 280 g/mol. The summed E-state index contributed by atoms with van der Waals surface area (Å²) in [6.07, 6.45) is 2.68. The van der Waals surface area contributed by atoms with Crippen molar-refractivity contribution in [2.45, 2.75) is 26.8 Å². The van der Waals surface area contributed by atoms with Gasteiger partial charge >= 0.3 is 0 Å². The van der Waals surface area contributed by atoms with Crippen LogP contribution in [-0.4, -0.2) is 53.4 Å². The number of aromatic nitrogens is 1. The highest BCUT2D eigenvalue weighted by molar-refractivity contribution is 5.96. The molecule has 0 aliphatic carbocycles. The SMILES string of the molecule is CCCn1cc(N)cc1C(=O)N(CC)CC(=O)N(C)C. The first-order valence-electron chi connectivity index (χ1n) is 6.85. The van der Waals surface area contributed by atoms with Gasteiger partial charge < -0.3 is 20.1 Å². The maximum Gasteiger partial charge on any atom is 0.271 e. The molecule has 20 heavy (non-hydrogen) atoms. The predicted molar refractivity (Wildman–Crippen MR) is 79.4 cm³/mol. The summed E-state index contributed by atoms with van der Waals surface area (Å²) in [5.41, 5.74) is 6.88. The van der Waals surface area contributed by atoms with E-state index in [-0.39, 0.29) is 18.4 Å². The van der Waals surface area contributed by atoms with Gasteiger partial charge in [-0.05, 0) is 19.4 Å². The number of hydrogen-bond acceptors (Lipinski definition) is 3. The third-order valence-electron chi connectivity index (χ3n) is 3.10. The van der Waals surface area contributed by atoms with Gasteiger partial charge in [0.15, 0.2) is 0 Å². The smallest absolute Gasteiger partial charge is 0.271 e. The number of anilines is 1. The summed E-state index contributed by atoms with van der Waals surface area (Å²) in [5, 5.41) is 0. The van der Waals surface area contributed by atoms with Crippen LogP contribution in [0, 0.1) is 0 Å².